The third-order valence-corrected chi connectivity index (χ3v) is 4.68. The predicted molar refractivity (Wildman–Crippen MR) is 109 cm³/mol. The average Bonchev–Trinajstić information content (AvgIpc) is 2.72. The van der Waals surface area contributed by atoms with E-state index in [0.717, 1.165) is 0 Å². The van der Waals surface area contributed by atoms with E-state index in [2.05, 4.69) is 15.3 Å². The van der Waals surface area contributed by atoms with E-state index >= 15 is 0 Å². The fourth-order valence-corrected chi connectivity index (χ4v) is 3.11. The average molecular weight is 433 g/mol. The molecule has 1 heterocycles. The summed E-state index contributed by atoms with van der Waals surface area (Å²) in [5.74, 6) is -3.35. The number of nitrogens with zero attached hydrogens (tertiary/aromatic N) is 1. The summed E-state index contributed by atoms with van der Waals surface area (Å²) in [5.41, 5.74) is 0.635. The molecule has 3 aromatic rings. The summed E-state index contributed by atoms with van der Waals surface area (Å²) in [6.07, 6.45) is 0.0951. The molecule has 0 aliphatic heterocycles. The number of aromatic amines is 1. The predicted octanol–water partition coefficient (Wildman–Crippen LogP) is 3.35. The molecule has 0 saturated heterocycles. The maximum atomic E-state index is 12.3. The number of carbonyl (C=O) groups excluding carboxylic acids is 2. The Morgan fingerprint density at radius 3 is 2.60 bits per heavy atom. The summed E-state index contributed by atoms with van der Waals surface area (Å²) in [6, 6.07) is 12.7. The van der Waals surface area contributed by atoms with Gasteiger partial charge < -0.3 is 15.0 Å². The van der Waals surface area contributed by atoms with E-state index in [-0.39, 0.29) is 18.4 Å². The molecular weight excluding hydrogens is 416 g/mol. The molecule has 2 N–H and O–H groups in total. The summed E-state index contributed by atoms with van der Waals surface area (Å²) in [4.78, 5) is 43.0. The van der Waals surface area contributed by atoms with Crippen LogP contribution in [-0.4, -0.2) is 34.2 Å². The van der Waals surface area contributed by atoms with Gasteiger partial charge in [0.05, 0.1) is 17.3 Å². The number of ether oxygens (including phenoxy) is 1. The summed E-state index contributed by atoms with van der Waals surface area (Å²) < 4.78 is 29.5. The number of esters is 1. The fourth-order valence-electron chi connectivity index (χ4n) is 2.61. The summed E-state index contributed by atoms with van der Waals surface area (Å²) >= 11 is 0.403. The quantitative estimate of drug-likeness (QED) is 0.417. The Bertz CT molecular complexity index is 1100. The molecule has 0 aliphatic carbocycles. The number of H-pyrrole nitrogens is 1. The van der Waals surface area contributed by atoms with Crippen LogP contribution in [0.15, 0.2) is 58.2 Å². The smallest absolute Gasteiger partial charge is 0.306 e. The second-order valence-corrected chi connectivity index (χ2v) is 7.20. The highest BCUT2D eigenvalue weighted by Crippen LogP contribution is 2.26. The molecule has 0 spiro atoms. The minimum atomic E-state index is -2.52. The highest BCUT2D eigenvalue weighted by Gasteiger charge is 2.11. The zero-order chi connectivity index (χ0) is 21.5. The number of halogens is 2. The number of rotatable bonds is 8. The maximum Gasteiger partial charge on any atom is 0.306 e. The molecule has 0 atom stereocenters. The van der Waals surface area contributed by atoms with Crippen LogP contribution in [0.4, 0.5) is 14.5 Å². The monoisotopic (exact) mass is 433 g/mol. The summed E-state index contributed by atoms with van der Waals surface area (Å²) in [7, 11) is 0. The second-order valence-electron chi connectivity index (χ2n) is 6.14. The van der Waals surface area contributed by atoms with Crippen molar-refractivity contribution in [1.82, 2.24) is 9.97 Å². The zero-order valence-electron chi connectivity index (χ0n) is 15.6. The molecule has 10 heteroatoms. The number of hydrogen-bond acceptors (Lipinski definition) is 6. The number of aryl methyl sites for hydroxylation is 1. The lowest BCUT2D eigenvalue weighted by atomic mass is 10.2. The van der Waals surface area contributed by atoms with Crippen LogP contribution in [0.1, 0.15) is 12.2 Å². The second kappa shape index (κ2) is 9.97. The third kappa shape index (κ3) is 6.11. The first kappa shape index (κ1) is 21.4. The largest absolute Gasteiger partial charge is 0.456 e. The van der Waals surface area contributed by atoms with Gasteiger partial charge in [-0.25, -0.2) is 4.98 Å². The van der Waals surface area contributed by atoms with Crippen molar-refractivity contribution >= 4 is 40.2 Å². The van der Waals surface area contributed by atoms with E-state index in [1.54, 1.807) is 24.3 Å². The van der Waals surface area contributed by atoms with Crippen LogP contribution >= 0.6 is 11.8 Å². The van der Waals surface area contributed by atoms with Crippen molar-refractivity contribution in [3.8, 4) is 0 Å². The van der Waals surface area contributed by atoms with E-state index < -0.39 is 24.2 Å². The first-order chi connectivity index (χ1) is 14.4. The van der Waals surface area contributed by atoms with Crippen molar-refractivity contribution in [3.05, 3.63) is 64.7 Å². The van der Waals surface area contributed by atoms with Gasteiger partial charge in [0.15, 0.2) is 6.61 Å². The van der Waals surface area contributed by atoms with Gasteiger partial charge in [0, 0.05) is 17.0 Å². The number of para-hydroxylation sites is 1. The van der Waals surface area contributed by atoms with Gasteiger partial charge in [-0.1, -0.05) is 23.9 Å². The van der Waals surface area contributed by atoms with Crippen molar-refractivity contribution in [2.75, 3.05) is 11.9 Å². The Morgan fingerprint density at radius 1 is 1.13 bits per heavy atom. The molecule has 156 valence electrons. The Balaban J connectivity index is 1.45. The van der Waals surface area contributed by atoms with Gasteiger partial charge in [-0.05, 0) is 36.4 Å². The van der Waals surface area contributed by atoms with Gasteiger partial charge in [-0.2, -0.15) is 8.78 Å². The molecule has 0 fully saturated rings. The van der Waals surface area contributed by atoms with Gasteiger partial charge >= 0.3 is 5.97 Å². The van der Waals surface area contributed by atoms with Crippen molar-refractivity contribution in [2.45, 2.75) is 23.5 Å². The van der Waals surface area contributed by atoms with Gasteiger partial charge in [-0.3, -0.25) is 14.4 Å². The van der Waals surface area contributed by atoms with E-state index in [1.165, 1.54) is 24.3 Å². The van der Waals surface area contributed by atoms with Gasteiger partial charge in [0.25, 0.3) is 17.2 Å². The van der Waals surface area contributed by atoms with E-state index in [1.807, 2.05) is 0 Å². The number of aromatic nitrogens is 2. The van der Waals surface area contributed by atoms with E-state index in [4.69, 9.17) is 4.74 Å². The molecule has 0 saturated carbocycles. The number of thioether (sulfide) groups is 1. The van der Waals surface area contributed by atoms with Gasteiger partial charge in [-0.15, -0.1) is 0 Å². The first-order valence-electron chi connectivity index (χ1n) is 8.89. The molecule has 7 nitrogen and oxygen atoms in total. The topological polar surface area (TPSA) is 101 Å². The number of amides is 1. The molecule has 2 aromatic carbocycles. The molecule has 30 heavy (non-hydrogen) atoms. The lowest BCUT2D eigenvalue weighted by molar-refractivity contribution is -0.147. The molecular formula is C20H17F2N3O4S. The minimum absolute atomic E-state index is 0.0614. The lowest BCUT2D eigenvalue weighted by Crippen LogP contribution is -2.21. The first-order valence-corrected chi connectivity index (χ1v) is 9.77. The summed E-state index contributed by atoms with van der Waals surface area (Å²) in [6.45, 7) is -0.492. The number of alkyl halides is 2. The van der Waals surface area contributed by atoms with Crippen LogP contribution in [0.5, 0.6) is 0 Å². The Kier molecular flexibility index (Phi) is 7.12. The van der Waals surface area contributed by atoms with Crippen LogP contribution in [0.2, 0.25) is 0 Å². The number of fused-ring (bicyclic) bond motifs is 1. The highest BCUT2D eigenvalue weighted by atomic mass is 32.2. The van der Waals surface area contributed by atoms with Crippen LogP contribution < -0.4 is 10.9 Å². The number of benzene rings is 2. The highest BCUT2D eigenvalue weighted by molar-refractivity contribution is 7.99. The van der Waals surface area contributed by atoms with E-state index in [0.29, 0.717) is 39.1 Å². The Hall–Kier alpha value is -3.27. The zero-order valence-corrected chi connectivity index (χ0v) is 16.4. The van der Waals surface area contributed by atoms with Crippen molar-refractivity contribution < 1.29 is 23.1 Å². The van der Waals surface area contributed by atoms with Crippen LogP contribution in [0.3, 0.4) is 0 Å². The Labute approximate surface area is 173 Å². The maximum absolute atomic E-state index is 12.3. The van der Waals surface area contributed by atoms with Gasteiger partial charge in [0.1, 0.15) is 5.82 Å². The Morgan fingerprint density at radius 2 is 1.87 bits per heavy atom. The molecule has 1 amide bonds. The molecule has 1 aromatic heterocycles. The fraction of sp³-hybridized carbons (Fsp3) is 0.200. The number of hydrogen-bond donors (Lipinski definition) is 2. The molecule has 0 radical (unpaired) electrons. The molecule has 0 unspecified atom stereocenters. The summed E-state index contributed by atoms with van der Waals surface area (Å²) in [5, 5.41) is 2.97. The molecule has 3 rings (SSSR count). The van der Waals surface area contributed by atoms with Crippen LogP contribution in [0, 0.1) is 0 Å². The molecule has 0 bridgehead atoms. The molecule has 0 aliphatic rings. The van der Waals surface area contributed by atoms with Crippen molar-refractivity contribution in [3.63, 3.8) is 0 Å². The van der Waals surface area contributed by atoms with Gasteiger partial charge in [0.2, 0.25) is 0 Å². The minimum Gasteiger partial charge on any atom is -0.456 e. The normalized spacial score (nSPS) is 10.9. The number of carbonyl (C=O) groups is 2. The number of anilines is 1. The standard InChI is InChI=1S/C20H17F2N3O4S/c21-20(22)30-13-7-5-12(6-8-13)23-17(26)11-29-18(27)10-9-16-24-15-4-2-1-3-14(15)19(28)25-16/h1-8,20H,9-11H2,(H,23,26)(H,24,25,28). The SMILES string of the molecule is O=C(COC(=O)CCc1nc2ccccc2c(=O)[nH]1)Nc1ccc(SC(F)F)cc1. The van der Waals surface area contributed by atoms with Crippen LogP contribution in [0.25, 0.3) is 10.9 Å². The van der Waals surface area contributed by atoms with Crippen molar-refractivity contribution in [1.29, 1.82) is 0 Å². The van der Waals surface area contributed by atoms with E-state index in [9.17, 15) is 23.2 Å². The number of nitrogens with one attached hydrogen (secondary N) is 2. The third-order valence-electron chi connectivity index (χ3n) is 3.96. The van der Waals surface area contributed by atoms with Crippen LogP contribution in [-0.2, 0) is 20.7 Å². The lowest BCUT2D eigenvalue weighted by Gasteiger charge is -2.08. The van der Waals surface area contributed by atoms with Crippen molar-refractivity contribution in [2.24, 2.45) is 0 Å².